The minimum Gasteiger partial charge on any atom is -0.476 e. The van der Waals surface area contributed by atoms with Crippen molar-refractivity contribution in [2.24, 2.45) is 7.05 Å². The molecule has 5 nitrogen and oxygen atoms in total. The summed E-state index contributed by atoms with van der Waals surface area (Å²) in [7, 11) is 1.47. The molecule has 0 saturated carbocycles. The first kappa shape index (κ1) is 12.4. The number of nitrogens with zero attached hydrogens (tertiary/aromatic N) is 2. The minimum atomic E-state index is -1.29. The van der Waals surface area contributed by atoms with Gasteiger partial charge in [-0.2, -0.15) is 5.10 Å². The third-order valence-electron chi connectivity index (χ3n) is 2.51. The molecule has 3 N–H and O–H groups in total. The second-order valence-corrected chi connectivity index (χ2v) is 4.04. The summed E-state index contributed by atoms with van der Waals surface area (Å²) in [5, 5.41) is 12.9. The number of halogens is 2. The Kier molecular flexibility index (Phi) is 2.96. The second kappa shape index (κ2) is 4.30. The van der Waals surface area contributed by atoms with E-state index in [-0.39, 0.29) is 27.7 Å². The van der Waals surface area contributed by atoms with E-state index in [0.717, 1.165) is 0 Å². The molecule has 0 radical (unpaired) electrons. The van der Waals surface area contributed by atoms with Crippen LogP contribution in [0.15, 0.2) is 18.2 Å². The fourth-order valence-corrected chi connectivity index (χ4v) is 1.93. The first-order chi connectivity index (χ1) is 8.43. The van der Waals surface area contributed by atoms with Gasteiger partial charge in [-0.1, -0.05) is 17.7 Å². The highest BCUT2D eigenvalue weighted by Crippen LogP contribution is 2.36. The molecule has 0 aliphatic heterocycles. The zero-order valence-corrected chi connectivity index (χ0v) is 10.1. The molecule has 0 unspecified atom stereocenters. The molecule has 1 aromatic carbocycles. The van der Waals surface area contributed by atoms with Crippen LogP contribution in [0, 0.1) is 5.82 Å². The fourth-order valence-electron chi connectivity index (χ4n) is 1.67. The van der Waals surface area contributed by atoms with Gasteiger partial charge in [-0.25, -0.2) is 9.18 Å². The first-order valence-electron chi connectivity index (χ1n) is 4.93. The zero-order valence-electron chi connectivity index (χ0n) is 9.32. The number of carboxylic acid groups (broad SMARTS) is 1. The molecule has 0 saturated heterocycles. The number of carbonyl (C=O) groups is 1. The first-order valence-corrected chi connectivity index (χ1v) is 5.31. The Morgan fingerprint density at radius 3 is 2.72 bits per heavy atom. The summed E-state index contributed by atoms with van der Waals surface area (Å²) in [6.07, 6.45) is 0. The monoisotopic (exact) mass is 269 g/mol. The van der Waals surface area contributed by atoms with Crippen molar-refractivity contribution in [1.29, 1.82) is 0 Å². The quantitative estimate of drug-likeness (QED) is 0.875. The van der Waals surface area contributed by atoms with Gasteiger partial charge in [0, 0.05) is 12.6 Å². The van der Waals surface area contributed by atoms with E-state index in [2.05, 4.69) is 5.10 Å². The molecule has 2 aromatic rings. The van der Waals surface area contributed by atoms with Crippen LogP contribution >= 0.6 is 11.6 Å². The SMILES string of the molecule is Cn1nc(C(=O)O)c(-c2c(F)cccc2Cl)c1N. The van der Waals surface area contributed by atoms with E-state index in [4.69, 9.17) is 22.4 Å². The molecular weight excluding hydrogens is 261 g/mol. The summed E-state index contributed by atoms with van der Waals surface area (Å²) in [4.78, 5) is 11.1. The van der Waals surface area contributed by atoms with Crippen molar-refractivity contribution in [2.75, 3.05) is 5.73 Å². The molecule has 2 rings (SSSR count). The van der Waals surface area contributed by atoms with Crippen molar-refractivity contribution in [3.05, 3.63) is 34.7 Å². The third kappa shape index (κ3) is 1.80. The standard InChI is InChI=1S/C11H9ClFN3O2/c1-16-10(14)8(9(15-16)11(17)18)7-5(12)3-2-4-6(7)13/h2-4H,14H2,1H3,(H,17,18). The number of hydrogen-bond donors (Lipinski definition) is 2. The lowest BCUT2D eigenvalue weighted by Gasteiger charge is -2.06. The molecule has 0 fully saturated rings. The second-order valence-electron chi connectivity index (χ2n) is 3.63. The van der Waals surface area contributed by atoms with E-state index in [1.807, 2.05) is 0 Å². The van der Waals surface area contributed by atoms with Gasteiger partial charge in [-0.3, -0.25) is 4.68 Å². The average molecular weight is 270 g/mol. The lowest BCUT2D eigenvalue weighted by atomic mass is 10.0. The van der Waals surface area contributed by atoms with Crippen molar-refractivity contribution in [1.82, 2.24) is 9.78 Å². The zero-order chi connectivity index (χ0) is 13.4. The van der Waals surface area contributed by atoms with Gasteiger partial charge in [-0.15, -0.1) is 0 Å². The molecule has 94 valence electrons. The Hall–Kier alpha value is -2.08. The molecular formula is C11H9ClFN3O2. The molecule has 1 aromatic heterocycles. The number of nitrogens with two attached hydrogens (primary N) is 1. The van der Waals surface area contributed by atoms with Gasteiger partial charge in [-0.05, 0) is 12.1 Å². The molecule has 0 atom stereocenters. The highest BCUT2D eigenvalue weighted by molar-refractivity contribution is 6.33. The summed E-state index contributed by atoms with van der Waals surface area (Å²) in [5.41, 5.74) is 5.33. The van der Waals surface area contributed by atoms with Gasteiger partial charge in [0.25, 0.3) is 0 Å². The van der Waals surface area contributed by atoms with E-state index >= 15 is 0 Å². The van der Waals surface area contributed by atoms with E-state index in [9.17, 15) is 9.18 Å². The van der Waals surface area contributed by atoms with Gasteiger partial charge in [0.1, 0.15) is 11.6 Å². The van der Waals surface area contributed by atoms with Gasteiger partial charge >= 0.3 is 5.97 Å². The molecule has 0 aliphatic rings. The smallest absolute Gasteiger partial charge is 0.357 e. The summed E-state index contributed by atoms with van der Waals surface area (Å²) >= 11 is 5.90. The van der Waals surface area contributed by atoms with E-state index in [1.54, 1.807) is 0 Å². The van der Waals surface area contributed by atoms with Crippen molar-refractivity contribution in [3.63, 3.8) is 0 Å². The molecule has 0 bridgehead atoms. The predicted molar refractivity (Wildman–Crippen MR) is 65.0 cm³/mol. The maximum absolute atomic E-state index is 13.8. The van der Waals surface area contributed by atoms with Gasteiger partial charge in [0.15, 0.2) is 5.69 Å². The summed E-state index contributed by atoms with van der Waals surface area (Å²) in [6.45, 7) is 0. The molecule has 18 heavy (non-hydrogen) atoms. The largest absolute Gasteiger partial charge is 0.476 e. The predicted octanol–water partition coefficient (Wildman–Crippen LogP) is 2.16. The highest BCUT2D eigenvalue weighted by Gasteiger charge is 2.25. The average Bonchev–Trinajstić information content (AvgIpc) is 2.57. The van der Waals surface area contributed by atoms with Crippen molar-refractivity contribution in [3.8, 4) is 11.1 Å². The normalized spacial score (nSPS) is 10.6. The van der Waals surface area contributed by atoms with Crippen LogP contribution in [0.5, 0.6) is 0 Å². The van der Waals surface area contributed by atoms with Crippen LogP contribution < -0.4 is 5.73 Å². The highest BCUT2D eigenvalue weighted by atomic mass is 35.5. The van der Waals surface area contributed by atoms with E-state index in [0.29, 0.717) is 0 Å². The van der Waals surface area contributed by atoms with Crippen molar-refractivity contribution >= 4 is 23.4 Å². The van der Waals surface area contributed by atoms with Gasteiger partial charge < -0.3 is 10.8 Å². The minimum absolute atomic E-state index is 0.00639. The van der Waals surface area contributed by atoms with Crippen LogP contribution in [0.4, 0.5) is 10.2 Å². The molecule has 0 aliphatic carbocycles. The molecule has 0 spiro atoms. The molecule has 1 heterocycles. The summed E-state index contributed by atoms with van der Waals surface area (Å²) in [6, 6.07) is 4.06. The third-order valence-corrected chi connectivity index (χ3v) is 2.82. The summed E-state index contributed by atoms with van der Waals surface area (Å²) < 4.78 is 15.0. The number of rotatable bonds is 2. The summed E-state index contributed by atoms with van der Waals surface area (Å²) in [5.74, 6) is -1.90. The fraction of sp³-hybridized carbons (Fsp3) is 0.0909. The Morgan fingerprint density at radius 1 is 1.50 bits per heavy atom. The van der Waals surface area contributed by atoms with Crippen molar-refractivity contribution in [2.45, 2.75) is 0 Å². The number of hydrogen-bond acceptors (Lipinski definition) is 3. The molecule has 0 amide bonds. The number of benzene rings is 1. The Labute approximate surface area is 107 Å². The number of carboxylic acids is 1. The van der Waals surface area contributed by atoms with E-state index < -0.39 is 11.8 Å². The number of aryl methyl sites for hydroxylation is 1. The van der Waals surface area contributed by atoms with Crippen LogP contribution in [-0.4, -0.2) is 20.9 Å². The van der Waals surface area contributed by atoms with Crippen LogP contribution in [0.1, 0.15) is 10.5 Å². The Balaban J connectivity index is 2.82. The maximum atomic E-state index is 13.8. The van der Waals surface area contributed by atoms with Crippen molar-refractivity contribution < 1.29 is 14.3 Å². The lowest BCUT2D eigenvalue weighted by Crippen LogP contribution is -2.01. The van der Waals surface area contributed by atoms with Crippen LogP contribution in [0.25, 0.3) is 11.1 Å². The van der Waals surface area contributed by atoms with Crippen LogP contribution in [0.2, 0.25) is 5.02 Å². The Morgan fingerprint density at radius 2 is 2.17 bits per heavy atom. The van der Waals surface area contributed by atoms with Gasteiger partial charge in [0.05, 0.1) is 10.6 Å². The topological polar surface area (TPSA) is 81.1 Å². The number of aromatic carboxylic acids is 1. The van der Waals surface area contributed by atoms with E-state index in [1.165, 1.54) is 29.9 Å². The van der Waals surface area contributed by atoms with Crippen LogP contribution in [-0.2, 0) is 7.05 Å². The number of nitrogen functional groups attached to an aromatic ring is 1. The lowest BCUT2D eigenvalue weighted by molar-refractivity contribution is 0.0690. The number of anilines is 1. The molecule has 7 heteroatoms. The van der Waals surface area contributed by atoms with Gasteiger partial charge in [0.2, 0.25) is 0 Å². The maximum Gasteiger partial charge on any atom is 0.357 e. The number of aromatic nitrogens is 2. The van der Waals surface area contributed by atoms with Crippen LogP contribution in [0.3, 0.4) is 0 Å². The Bertz CT molecular complexity index is 619.